The molecule has 0 saturated heterocycles. The van der Waals surface area contributed by atoms with Crippen molar-refractivity contribution in [1.82, 2.24) is 4.98 Å². The number of fused-ring (bicyclic) bond motifs is 3. The number of pyridine rings is 1. The zero-order valence-corrected chi connectivity index (χ0v) is 16.4. The Hall–Kier alpha value is -3.77. The van der Waals surface area contributed by atoms with Gasteiger partial charge in [0.2, 0.25) is 18.6 Å². The predicted octanol–water partition coefficient (Wildman–Crippen LogP) is 2.91. The second kappa shape index (κ2) is 7.24. The van der Waals surface area contributed by atoms with Crippen LogP contribution in [0.5, 0.6) is 11.5 Å². The normalized spacial score (nSPS) is 14.2. The van der Waals surface area contributed by atoms with Crippen molar-refractivity contribution in [2.45, 2.75) is 5.03 Å². The average Bonchev–Trinajstić information content (AvgIpc) is 3.21. The molecule has 1 N–H and O–H groups in total. The first kappa shape index (κ1) is 18.3. The van der Waals surface area contributed by atoms with Crippen LogP contribution in [0.15, 0.2) is 47.5 Å². The van der Waals surface area contributed by atoms with Crippen molar-refractivity contribution < 1.29 is 19.1 Å². The van der Waals surface area contributed by atoms with Crippen LogP contribution in [0.2, 0.25) is 0 Å². The number of para-hydroxylation sites is 2. The highest BCUT2D eigenvalue weighted by Crippen LogP contribution is 2.37. The summed E-state index contributed by atoms with van der Waals surface area (Å²) in [7, 11) is 0. The van der Waals surface area contributed by atoms with Gasteiger partial charge >= 0.3 is 0 Å². The fourth-order valence-electron chi connectivity index (χ4n) is 3.40. The van der Waals surface area contributed by atoms with Crippen LogP contribution < -0.4 is 19.7 Å². The van der Waals surface area contributed by atoms with E-state index in [1.807, 2.05) is 6.07 Å². The quantitative estimate of drug-likeness (QED) is 0.652. The number of carbonyl (C=O) groups is 2. The minimum absolute atomic E-state index is 0.0410. The smallest absolute Gasteiger partial charge is 0.244 e. The molecule has 0 aliphatic carbocycles. The molecule has 0 spiro atoms. The topological polar surface area (TPSA) is 105 Å². The number of benzene rings is 2. The Morgan fingerprint density at radius 2 is 2.03 bits per heavy atom. The van der Waals surface area contributed by atoms with Gasteiger partial charge in [0.1, 0.15) is 17.6 Å². The summed E-state index contributed by atoms with van der Waals surface area (Å²) in [5.74, 6) is 0.774. The minimum atomic E-state index is -0.246. The van der Waals surface area contributed by atoms with Crippen LogP contribution in [0.4, 0.5) is 11.4 Å². The highest BCUT2D eigenvalue weighted by Gasteiger charge is 2.27. The van der Waals surface area contributed by atoms with E-state index < -0.39 is 0 Å². The Morgan fingerprint density at radius 3 is 2.87 bits per heavy atom. The van der Waals surface area contributed by atoms with E-state index in [9.17, 15) is 14.9 Å². The molecule has 2 aromatic carbocycles. The number of carbonyl (C=O) groups excluding carboxylic acids is 2. The predicted molar refractivity (Wildman–Crippen MR) is 111 cm³/mol. The first-order valence-electron chi connectivity index (χ1n) is 9.09. The molecule has 8 nitrogen and oxygen atoms in total. The number of nitrogens with one attached hydrogen (secondary N) is 1. The molecule has 3 heterocycles. The molecule has 2 aliphatic rings. The summed E-state index contributed by atoms with van der Waals surface area (Å²) in [6.07, 6.45) is 0. The van der Waals surface area contributed by atoms with Crippen LogP contribution in [-0.4, -0.2) is 35.9 Å². The van der Waals surface area contributed by atoms with Crippen molar-refractivity contribution in [3.05, 3.63) is 48.0 Å². The second-order valence-electron chi connectivity index (χ2n) is 6.68. The van der Waals surface area contributed by atoms with Crippen molar-refractivity contribution in [3.8, 4) is 17.6 Å². The summed E-state index contributed by atoms with van der Waals surface area (Å²) >= 11 is 1.17. The minimum Gasteiger partial charge on any atom is -0.454 e. The van der Waals surface area contributed by atoms with Gasteiger partial charge in [-0.2, -0.15) is 5.26 Å². The molecular formula is C21H14N4O4S. The highest BCUT2D eigenvalue weighted by molar-refractivity contribution is 8.00. The number of aromatic nitrogens is 1. The fourth-order valence-corrected chi connectivity index (χ4v) is 4.24. The number of anilines is 2. The van der Waals surface area contributed by atoms with E-state index in [0.29, 0.717) is 39.0 Å². The van der Waals surface area contributed by atoms with Crippen molar-refractivity contribution in [1.29, 1.82) is 5.26 Å². The van der Waals surface area contributed by atoms with E-state index in [-0.39, 0.29) is 30.9 Å². The molecule has 30 heavy (non-hydrogen) atoms. The van der Waals surface area contributed by atoms with Gasteiger partial charge in [-0.25, -0.2) is 4.98 Å². The lowest BCUT2D eigenvalue weighted by Crippen LogP contribution is -2.43. The van der Waals surface area contributed by atoms with Gasteiger partial charge in [0.05, 0.1) is 28.2 Å². The number of nitrogens with zero attached hydrogens (tertiary/aromatic N) is 3. The van der Waals surface area contributed by atoms with Crippen LogP contribution in [-0.2, 0) is 9.59 Å². The van der Waals surface area contributed by atoms with E-state index in [1.54, 1.807) is 36.4 Å². The zero-order valence-electron chi connectivity index (χ0n) is 15.5. The first-order valence-corrected chi connectivity index (χ1v) is 10.1. The summed E-state index contributed by atoms with van der Waals surface area (Å²) in [6.45, 7) is 0.105. The monoisotopic (exact) mass is 418 g/mol. The largest absolute Gasteiger partial charge is 0.454 e. The van der Waals surface area contributed by atoms with Gasteiger partial charge in [-0.05, 0) is 24.3 Å². The van der Waals surface area contributed by atoms with E-state index >= 15 is 0 Å². The van der Waals surface area contributed by atoms with E-state index in [4.69, 9.17) is 9.47 Å². The van der Waals surface area contributed by atoms with Crippen molar-refractivity contribution in [2.75, 3.05) is 29.3 Å². The van der Waals surface area contributed by atoms with Crippen LogP contribution in [0, 0.1) is 11.3 Å². The third kappa shape index (κ3) is 3.17. The number of hydrogen-bond acceptors (Lipinski definition) is 7. The first-order chi connectivity index (χ1) is 14.6. The maximum atomic E-state index is 12.9. The number of hydrogen-bond donors (Lipinski definition) is 1. The van der Waals surface area contributed by atoms with Gasteiger partial charge in [-0.1, -0.05) is 23.9 Å². The maximum absolute atomic E-state index is 12.9. The summed E-state index contributed by atoms with van der Waals surface area (Å²) in [6, 6.07) is 14.6. The van der Waals surface area contributed by atoms with E-state index in [0.717, 1.165) is 5.39 Å². The SMILES string of the molecule is N#Cc1cc2cc3c(cc2nc1SCC(=O)N1CC(=O)Nc2ccccc21)OCO3. The van der Waals surface area contributed by atoms with Crippen LogP contribution in [0.1, 0.15) is 5.56 Å². The van der Waals surface area contributed by atoms with Gasteiger partial charge < -0.3 is 19.7 Å². The lowest BCUT2D eigenvalue weighted by atomic mass is 10.1. The van der Waals surface area contributed by atoms with Gasteiger partial charge in [0, 0.05) is 11.5 Å². The number of thioether (sulfide) groups is 1. The lowest BCUT2D eigenvalue weighted by Gasteiger charge is -2.29. The Balaban J connectivity index is 1.41. The van der Waals surface area contributed by atoms with Crippen LogP contribution in [0.3, 0.4) is 0 Å². The molecule has 3 aromatic rings. The maximum Gasteiger partial charge on any atom is 0.244 e. The van der Waals surface area contributed by atoms with Crippen LogP contribution >= 0.6 is 11.8 Å². The molecule has 5 rings (SSSR count). The molecule has 9 heteroatoms. The van der Waals surface area contributed by atoms with Crippen molar-refractivity contribution in [3.63, 3.8) is 0 Å². The second-order valence-corrected chi connectivity index (χ2v) is 7.65. The van der Waals surface area contributed by atoms with Gasteiger partial charge in [-0.15, -0.1) is 0 Å². The Morgan fingerprint density at radius 1 is 1.23 bits per heavy atom. The number of ether oxygens (including phenoxy) is 2. The Bertz CT molecular complexity index is 1250. The van der Waals surface area contributed by atoms with Crippen molar-refractivity contribution in [2.24, 2.45) is 0 Å². The molecule has 1 aromatic heterocycles. The van der Waals surface area contributed by atoms with E-state index in [1.165, 1.54) is 16.7 Å². The Kier molecular flexibility index (Phi) is 4.41. The third-order valence-corrected chi connectivity index (χ3v) is 5.77. The van der Waals surface area contributed by atoms with E-state index in [2.05, 4.69) is 16.4 Å². The Labute approximate surface area is 175 Å². The lowest BCUT2D eigenvalue weighted by molar-refractivity contribution is -0.120. The summed E-state index contributed by atoms with van der Waals surface area (Å²) < 4.78 is 10.8. The fraction of sp³-hybridized carbons (Fsp3) is 0.143. The molecular weight excluding hydrogens is 404 g/mol. The molecule has 0 bridgehead atoms. The molecule has 0 saturated carbocycles. The molecule has 0 unspecified atom stereocenters. The zero-order chi connectivity index (χ0) is 20.7. The van der Waals surface area contributed by atoms with Gasteiger partial charge in [-0.3, -0.25) is 9.59 Å². The third-order valence-electron chi connectivity index (χ3n) is 4.80. The molecule has 2 amide bonds. The van der Waals surface area contributed by atoms with Crippen molar-refractivity contribution >= 4 is 45.9 Å². The average molecular weight is 418 g/mol. The molecule has 0 atom stereocenters. The standard InChI is InChI=1S/C21H14N4O4S/c22-8-13-5-12-6-17-18(29-11-28-17)7-15(12)24-21(13)30-10-20(27)25-9-19(26)23-14-3-1-2-4-16(14)25/h1-7H,9-11H2,(H,23,26). The molecule has 0 fully saturated rings. The molecule has 2 aliphatic heterocycles. The number of nitriles is 1. The number of amides is 2. The van der Waals surface area contributed by atoms with Gasteiger partial charge in [0.15, 0.2) is 11.5 Å². The molecule has 148 valence electrons. The van der Waals surface area contributed by atoms with Crippen LogP contribution in [0.25, 0.3) is 10.9 Å². The summed E-state index contributed by atoms with van der Waals surface area (Å²) in [5.41, 5.74) is 2.28. The highest BCUT2D eigenvalue weighted by atomic mass is 32.2. The summed E-state index contributed by atoms with van der Waals surface area (Å²) in [4.78, 5) is 30.8. The van der Waals surface area contributed by atoms with Gasteiger partial charge in [0.25, 0.3) is 0 Å². The summed E-state index contributed by atoms with van der Waals surface area (Å²) in [5, 5.41) is 13.5. The number of rotatable bonds is 3. The molecule has 0 radical (unpaired) electrons.